The number of nitrogens with zero attached hydrogens (tertiary/aromatic N) is 3. The van der Waals surface area contributed by atoms with Crippen LogP contribution < -0.4 is 0 Å². The second-order valence-corrected chi connectivity index (χ2v) is 13.5. The first kappa shape index (κ1) is 35.2. The standard InChI is InChI=1S/C29H25N2O.C18H14N.Ir/c1-2-6-20(5-1)17-22-13-16-31-26(19-22)24-10-9-23(18-21-11-14-30-15-12-21)28-25-7-3-4-8-27(25)32-29(24)28;1-14-13-19-18(16-10-6-3-7-11-16)12-17(14)15-8-4-2-5-9-15;/h3-4,7-9,11-16,19-20H,1-2,5-6,17-18H2;2-10,12-13H,1H3;/q2*-1;. The summed E-state index contributed by atoms with van der Waals surface area (Å²) < 4.78 is 6.41. The van der Waals surface area contributed by atoms with Gasteiger partial charge >= 0.3 is 0 Å². The number of para-hydroxylation sites is 1. The Hall–Kier alpha value is -5.22. The predicted octanol–water partition coefficient (Wildman–Crippen LogP) is 11.7. The van der Waals surface area contributed by atoms with Crippen LogP contribution in [0.4, 0.5) is 0 Å². The summed E-state index contributed by atoms with van der Waals surface area (Å²) in [6, 6.07) is 46.1. The molecule has 4 nitrogen and oxygen atoms in total. The number of hydrogen-bond donors (Lipinski definition) is 0. The van der Waals surface area contributed by atoms with E-state index in [1.807, 2.05) is 67.3 Å². The van der Waals surface area contributed by atoms with Gasteiger partial charge in [0, 0.05) is 50.3 Å². The first-order valence-electron chi connectivity index (χ1n) is 17.9. The van der Waals surface area contributed by atoms with Gasteiger partial charge in [0.2, 0.25) is 0 Å². The van der Waals surface area contributed by atoms with Crippen molar-refractivity contribution in [2.75, 3.05) is 0 Å². The molecule has 0 saturated heterocycles. The largest absolute Gasteiger partial charge is 0.501 e. The van der Waals surface area contributed by atoms with Gasteiger partial charge in [-0.25, -0.2) is 0 Å². The summed E-state index contributed by atoms with van der Waals surface area (Å²) in [6.45, 7) is 2.09. The minimum atomic E-state index is 0. The summed E-state index contributed by atoms with van der Waals surface area (Å²) in [4.78, 5) is 13.4. The van der Waals surface area contributed by atoms with Crippen molar-refractivity contribution in [1.82, 2.24) is 15.0 Å². The summed E-state index contributed by atoms with van der Waals surface area (Å²) in [7, 11) is 0. The molecule has 4 heterocycles. The Bertz CT molecular complexity index is 2380. The number of benzene rings is 4. The van der Waals surface area contributed by atoms with Crippen molar-refractivity contribution in [2.45, 2.75) is 45.4 Å². The van der Waals surface area contributed by atoms with Crippen LogP contribution in [0, 0.1) is 25.0 Å². The fraction of sp³-hybridized carbons (Fsp3) is 0.170. The van der Waals surface area contributed by atoms with Crippen molar-refractivity contribution < 1.29 is 24.5 Å². The van der Waals surface area contributed by atoms with Gasteiger partial charge in [0.05, 0.1) is 5.58 Å². The molecule has 0 aliphatic heterocycles. The molecule has 0 bridgehead atoms. The van der Waals surface area contributed by atoms with Crippen LogP contribution in [-0.4, -0.2) is 15.0 Å². The van der Waals surface area contributed by atoms with E-state index in [0.717, 1.165) is 63.2 Å². The molecule has 8 aromatic rings. The second kappa shape index (κ2) is 16.4. The fourth-order valence-electron chi connectivity index (χ4n) is 7.33. The summed E-state index contributed by atoms with van der Waals surface area (Å²) in [5.41, 5.74) is 13.1. The Morgan fingerprint density at radius 2 is 1.52 bits per heavy atom. The molecule has 0 spiro atoms. The quantitative estimate of drug-likeness (QED) is 0.150. The third-order valence-electron chi connectivity index (χ3n) is 9.93. The summed E-state index contributed by atoms with van der Waals surface area (Å²) in [5, 5.41) is 2.30. The molecule has 0 amide bonds. The molecular weight excluding hydrogens is 815 g/mol. The van der Waals surface area contributed by atoms with Gasteiger partial charge in [-0.3, -0.25) is 4.98 Å². The number of furan rings is 1. The number of pyridine rings is 3. The molecule has 9 rings (SSSR count). The molecule has 52 heavy (non-hydrogen) atoms. The van der Waals surface area contributed by atoms with E-state index in [1.54, 1.807) is 0 Å². The average molecular weight is 854 g/mol. The molecule has 1 aliphatic rings. The topological polar surface area (TPSA) is 51.8 Å². The zero-order chi connectivity index (χ0) is 34.4. The van der Waals surface area contributed by atoms with Crippen LogP contribution in [0.3, 0.4) is 0 Å². The van der Waals surface area contributed by atoms with E-state index in [9.17, 15) is 0 Å². The predicted molar refractivity (Wildman–Crippen MR) is 207 cm³/mol. The molecule has 4 aromatic carbocycles. The summed E-state index contributed by atoms with van der Waals surface area (Å²) in [6.07, 6.45) is 14.9. The van der Waals surface area contributed by atoms with E-state index in [0.29, 0.717) is 0 Å². The number of fused-ring (bicyclic) bond motifs is 3. The van der Waals surface area contributed by atoms with E-state index in [1.165, 1.54) is 59.1 Å². The normalized spacial score (nSPS) is 12.7. The van der Waals surface area contributed by atoms with E-state index < -0.39 is 0 Å². The van der Waals surface area contributed by atoms with Gasteiger partial charge in [-0.05, 0) is 83.6 Å². The Labute approximate surface area is 319 Å². The molecule has 1 saturated carbocycles. The van der Waals surface area contributed by atoms with Crippen LogP contribution >= 0.6 is 0 Å². The van der Waals surface area contributed by atoms with Crippen molar-refractivity contribution in [3.8, 4) is 33.6 Å². The van der Waals surface area contributed by atoms with Crippen molar-refractivity contribution in [3.63, 3.8) is 0 Å². The van der Waals surface area contributed by atoms with Gasteiger partial charge in [0.25, 0.3) is 0 Å². The first-order chi connectivity index (χ1) is 25.2. The van der Waals surface area contributed by atoms with E-state index in [-0.39, 0.29) is 20.1 Å². The van der Waals surface area contributed by atoms with Crippen LogP contribution in [0.25, 0.3) is 55.6 Å². The maximum atomic E-state index is 6.41. The molecular formula is C47H39IrN3O-2. The number of aromatic nitrogens is 3. The van der Waals surface area contributed by atoms with Crippen molar-refractivity contribution in [2.24, 2.45) is 5.92 Å². The minimum absolute atomic E-state index is 0. The van der Waals surface area contributed by atoms with E-state index in [4.69, 9.17) is 9.40 Å². The van der Waals surface area contributed by atoms with Crippen LogP contribution in [0.2, 0.25) is 0 Å². The molecule has 1 radical (unpaired) electrons. The monoisotopic (exact) mass is 854 g/mol. The molecule has 4 aromatic heterocycles. The third kappa shape index (κ3) is 7.82. The van der Waals surface area contributed by atoms with Crippen molar-refractivity contribution in [3.05, 3.63) is 174 Å². The zero-order valence-electron chi connectivity index (χ0n) is 29.2. The van der Waals surface area contributed by atoms with E-state index in [2.05, 4.69) is 102 Å². The maximum Gasteiger partial charge on any atom is 0.120 e. The Kier molecular flexibility index (Phi) is 11.1. The van der Waals surface area contributed by atoms with Crippen LogP contribution in [0.5, 0.6) is 0 Å². The smallest absolute Gasteiger partial charge is 0.120 e. The number of aryl methyl sites for hydroxylation is 1. The number of rotatable bonds is 7. The van der Waals surface area contributed by atoms with Crippen LogP contribution in [0.1, 0.15) is 47.9 Å². The molecule has 0 unspecified atom stereocenters. The van der Waals surface area contributed by atoms with Crippen molar-refractivity contribution in [1.29, 1.82) is 0 Å². The SMILES string of the molecule is Cc1cnc(-c2[c-]cccc2)cc1-c1ccccc1.[Ir].[c-]1cc(Cc2ccncc2)c2c(oc3ccccc32)c1-c1cc(CC2CCCC2)ccn1. The average Bonchev–Trinajstić information content (AvgIpc) is 3.85. The Balaban J connectivity index is 0.000000180. The Morgan fingerprint density at radius 1 is 0.750 bits per heavy atom. The Morgan fingerprint density at radius 3 is 2.33 bits per heavy atom. The zero-order valence-corrected chi connectivity index (χ0v) is 31.6. The minimum Gasteiger partial charge on any atom is -0.501 e. The second-order valence-electron chi connectivity index (χ2n) is 13.5. The van der Waals surface area contributed by atoms with Gasteiger partial charge in [0.15, 0.2) is 0 Å². The van der Waals surface area contributed by atoms with Crippen LogP contribution in [0.15, 0.2) is 144 Å². The van der Waals surface area contributed by atoms with Crippen LogP contribution in [-0.2, 0) is 32.9 Å². The number of hydrogen-bond acceptors (Lipinski definition) is 4. The molecule has 1 aliphatic carbocycles. The van der Waals surface area contributed by atoms with Gasteiger partial charge < -0.3 is 14.4 Å². The van der Waals surface area contributed by atoms with Gasteiger partial charge in [0.1, 0.15) is 5.58 Å². The van der Waals surface area contributed by atoms with Gasteiger partial charge in [-0.1, -0.05) is 103 Å². The fourth-order valence-corrected chi connectivity index (χ4v) is 7.33. The van der Waals surface area contributed by atoms with Gasteiger partial charge in [-0.2, -0.15) is 0 Å². The molecule has 0 N–H and O–H groups in total. The third-order valence-corrected chi connectivity index (χ3v) is 9.93. The maximum absolute atomic E-state index is 6.41. The molecule has 1 fully saturated rings. The molecule has 0 atom stereocenters. The van der Waals surface area contributed by atoms with Gasteiger partial charge in [-0.15, -0.1) is 53.6 Å². The summed E-state index contributed by atoms with van der Waals surface area (Å²) in [5.74, 6) is 0.809. The first-order valence-corrected chi connectivity index (χ1v) is 17.9. The molecule has 259 valence electrons. The van der Waals surface area contributed by atoms with Crippen molar-refractivity contribution >= 4 is 21.9 Å². The molecule has 5 heteroatoms. The summed E-state index contributed by atoms with van der Waals surface area (Å²) >= 11 is 0. The van der Waals surface area contributed by atoms with E-state index >= 15 is 0 Å².